The number of fused-ring (bicyclic) bond motifs is 1. The fourth-order valence-corrected chi connectivity index (χ4v) is 3.43. The summed E-state index contributed by atoms with van der Waals surface area (Å²) in [6.45, 7) is -0.290. The Kier molecular flexibility index (Phi) is 7.10. The Morgan fingerprint density at radius 3 is 2.15 bits per heavy atom. The van der Waals surface area contributed by atoms with E-state index in [1.807, 2.05) is 30.3 Å². The van der Waals surface area contributed by atoms with Crippen LogP contribution < -0.4 is 9.47 Å². The number of halogens is 3. The van der Waals surface area contributed by atoms with Crippen molar-refractivity contribution in [3.63, 3.8) is 0 Å². The summed E-state index contributed by atoms with van der Waals surface area (Å²) in [4.78, 5) is 26.0. The maximum Gasteiger partial charge on any atom is 0.420 e. The van der Waals surface area contributed by atoms with Crippen molar-refractivity contribution in [2.24, 2.45) is 0 Å². The van der Waals surface area contributed by atoms with E-state index in [-0.39, 0.29) is 41.0 Å². The molecule has 0 atom stereocenters. The van der Waals surface area contributed by atoms with Crippen molar-refractivity contribution in [1.29, 1.82) is 0 Å². The van der Waals surface area contributed by atoms with Crippen LogP contribution in [0.25, 0.3) is 10.8 Å². The number of methoxy groups -OCH3 is 2. The first-order valence-electron chi connectivity index (χ1n) is 9.87. The lowest BCUT2D eigenvalue weighted by molar-refractivity contribution is -0.141. The molecule has 3 aromatic rings. The SMILES string of the molecule is COC(=O)CN(C)C(=O)c1c(OCc2ccccc2)ccc2c(C(F)(F)F)c(OC)ccc12. The molecule has 0 radical (unpaired) electrons. The van der Waals surface area contributed by atoms with Crippen LogP contribution in [-0.2, 0) is 22.3 Å². The van der Waals surface area contributed by atoms with Crippen LogP contribution in [-0.4, -0.2) is 44.6 Å². The van der Waals surface area contributed by atoms with Gasteiger partial charge in [0.1, 0.15) is 30.2 Å². The van der Waals surface area contributed by atoms with Gasteiger partial charge in [0, 0.05) is 7.05 Å². The lowest BCUT2D eigenvalue weighted by Gasteiger charge is -2.21. The van der Waals surface area contributed by atoms with Gasteiger partial charge in [-0.05, 0) is 40.6 Å². The Balaban J connectivity index is 2.17. The number of amides is 1. The number of hydrogen-bond acceptors (Lipinski definition) is 5. The fourth-order valence-electron chi connectivity index (χ4n) is 3.43. The van der Waals surface area contributed by atoms with E-state index < -0.39 is 23.6 Å². The van der Waals surface area contributed by atoms with Crippen molar-refractivity contribution >= 4 is 22.6 Å². The summed E-state index contributed by atoms with van der Waals surface area (Å²) in [7, 11) is 3.67. The van der Waals surface area contributed by atoms with Gasteiger partial charge in [0.05, 0.1) is 19.8 Å². The monoisotopic (exact) mass is 461 g/mol. The number of carbonyl (C=O) groups is 2. The van der Waals surface area contributed by atoms with Crippen molar-refractivity contribution in [3.05, 3.63) is 71.3 Å². The molecule has 3 aromatic carbocycles. The summed E-state index contributed by atoms with van der Waals surface area (Å²) in [5.41, 5.74) is -0.283. The highest BCUT2D eigenvalue weighted by atomic mass is 19.4. The maximum absolute atomic E-state index is 13.9. The fraction of sp³-hybridized carbons (Fsp3) is 0.250. The Labute approximate surface area is 188 Å². The Bertz CT molecular complexity index is 1160. The molecule has 0 bridgehead atoms. The minimum absolute atomic E-state index is 0.0235. The van der Waals surface area contributed by atoms with Crippen molar-refractivity contribution in [1.82, 2.24) is 4.90 Å². The highest BCUT2D eigenvalue weighted by molar-refractivity contribution is 6.11. The van der Waals surface area contributed by atoms with Crippen LogP contribution >= 0.6 is 0 Å². The summed E-state index contributed by atoms with van der Waals surface area (Å²) in [6, 6.07) is 14.2. The largest absolute Gasteiger partial charge is 0.496 e. The quantitative estimate of drug-likeness (QED) is 0.478. The number of nitrogens with zero attached hydrogens (tertiary/aromatic N) is 1. The van der Waals surface area contributed by atoms with E-state index in [0.717, 1.165) is 23.6 Å². The molecule has 0 aliphatic carbocycles. The van der Waals surface area contributed by atoms with Gasteiger partial charge in [-0.1, -0.05) is 30.3 Å². The van der Waals surface area contributed by atoms with Crippen LogP contribution in [0.4, 0.5) is 13.2 Å². The lowest BCUT2D eigenvalue weighted by atomic mass is 9.97. The first kappa shape index (κ1) is 23.9. The van der Waals surface area contributed by atoms with Gasteiger partial charge >= 0.3 is 12.1 Å². The molecule has 9 heteroatoms. The van der Waals surface area contributed by atoms with Crippen molar-refractivity contribution < 1.29 is 37.0 Å². The molecule has 0 aliphatic heterocycles. The molecule has 0 saturated carbocycles. The van der Waals surface area contributed by atoms with E-state index in [2.05, 4.69) is 4.74 Å². The van der Waals surface area contributed by atoms with E-state index in [1.54, 1.807) is 0 Å². The summed E-state index contributed by atoms with van der Waals surface area (Å²) >= 11 is 0. The third-order valence-corrected chi connectivity index (χ3v) is 5.02. The zero-order valence-electron chi connectivity index (χ0n) is 18.2. The number of rotatable bonds is 7. The van der Waals surface area contributed by atoms with Crippen LogP contribution in [0.1, 0.15) is 21.5 Å². The topological polar surface area (TPSA) is 65.1 Å². The molecule has 0 N–H and O–H groups in total. The Hall–Kier alpha value is -3.75. The molecule has 1 amide bonds. The molecular formula is C24H22F3NO5. The highest BCUT2D eigenvalue weighted by Gasteiger charge is 2.37. The van der Waals surface area contributed by atoms with Crippen LogP contribution in [0, 0.1) is 0 Å². The molecule has 3 rings (SSSR count). The average Bonchev–Trinajstić information content (AvgIpc) is 2.80. The van der Waals surface area contributed by atoms with Crippen molar-refractivity contribution in [2.75, 3.05) is 27.8 Å². The predicted molar refractivity (Wildman–Crippen MR) is 115 cm³/mol. The minimum atomic E-state index is -4.73. The second kappa shape index (κ2) is 9.81. The summed E-state index contributed by atoms with van der Waals surface area (Å²) in [5, 5.41) is -0.195. The zero-order valence-corrected chi connectivity index (χ0v) is 18.2. The van der Waals surface area contributed by atoms with Crippen LogP contribution in [0.5, 0.6) is 11.5 Å². The van der Waals surface area contributed by atoms with Gasteiger partial charge < -0.3 is 19.1 Å². The number of carbonyl (C=O) groups excluding carboxylic acids is 2. The van der Waals surface area contributed by atoms with E-state index in [0.29, 0.717) is 0 Å². The predicted octanol–water partition coefficient (Wildman–Crippen LogP) is 4.69. The lowest BCUT2D eigenvalue weighted by Crippen LogP contribution is -2.33. The third kappa shape index (κ3) is 5.19. The van der Waals surface area contributed by atoms with Crippen LogP contribution in [0.15, 0.2) is 54.6 Å². The second-order valence-electron chi connectivity index (χ2n) is 7.19. The van der Waals surface area contributed by atoms with E-state index in [4.69, 9.17) is 9.47 Å². The zero-order chi connectivity index (χ0) is 24.2. The Morgan fingerprint density at radius 2 is 1.55 bits per heavy atom. The first-order chi connectivity index (χ1) is 15.7. The number of likely N-dealkylation sites (N-methyl/N-ethyl adjacent to an activating group) is 1. The normalized spacial score (nSPS) is 11.2. The van der Waals surface area contributed by atoms with Gasteiger partial charge in [-0.2, -0.15) is 13.2 Å². The molecule has 0 heterocycles. The van der Waals surface area contributed by atoms with Crippen molar-refractivity contribution in [3.8, 4) is 11.5 Å². The van der Waals surface area contributed by atoms with Gasteiger partial charge in [-0.3, -0.25) is 9.59 Å². The van der Waals surface area contributed by atoms with Gasteiger partial charge in [-0.15, -0.1) is 0 Å². The van der Waals surface area contributed by atoms with E-state index >= 15 is 0 Å². The van der Waals surface area contributed by atoms with Crippen molar-refractivity contribution in [2.45, 2.75) is 12.8 Å². The molecule has 0 fully saturated rings. The molecule has 6 nitrogen and oxygen atoms in total. The van der Waals surface area contributed by atoms with Gasteiger partial charge in [-0.25, -0.2) is 0 Å². The molecule has 0 saturated heterocycles. The number of alkyl halides is 3. The average molecular weight is 461 g/mol. The highest BCUT2D eigenvalue weighted by Crippen LogP contribution is 2.43. The first-order valence-corrected chi connectivity index (χ1v) is 9.87. The summed E-state index contributed by atoms with van der Waals surface area (Å²) in [6.07, 6.45) is -4.73. The molecular weight excluding hydrogens is 439 g/mol. The summed E-state index contributed by atoms with van der Waals surface area (Å²) < 4.78 is 57.0. The standard InChI is InChI=1S/C24H22F3NO5/c1-28(13-20(29)32-3)23(30)21-16-9-12-19(31-2)22(24(25,26)27)17(16)10-11-18(21)33-14-15-7-5-4-6-8-15/h4-12H,13-14H2,1-3H3. The second-order valence-corrected chi connectivity index (χ2v) is 7.19. The van der Waals surface area contributed by atoms with Gasteiger partial charge in [0.25, 0.3) is 5.91 Å². The van der Waals surface area contributed by atoms with Gasteiger partial charge in [0.15, 0.2) is 0 Å². The van der Waals surface area contributed by atoms with Crippen LogP contribution in [0.3, 0.4) is 0 Å². The molecule has 0 aliphatic rings. The molecule has 0 aromatic heterocycles. The smallest absolute Gasteiger partial charge is 0.420 e. The number of ether oxygens (including phenoxy) is 3. The number of esters is 1. The maximum atomic E-state index is 13.9. The molecule has 0 spiro atoms. The number of hydrogen-bond donors (Lipinski definition) is 0. The molecule has 33 heavy (non-hydrogen) atoms. The molecule has 174 valence electrons. The van der Waals surface area contributed by atoms with E-state index in [1.165, 1.54) is 32.4 Å². The molecule has 0 unspecified atom stereocenters. The minimum Gasteiger partial charge on any atom is -0.496 e. The number of benzene rings is 3. The third-order valence-electron chi connectivity index (χ3n) is 5.02. The Morgan fingerprint density at radius 1 is 0.909 bits per heavy atom. The summed E-state index contributed by atoms with van der Waals surface area (Å²) in [5.74, 6) is -1.64. The van der Waals surface area contributed by atoms with Gasteiger partial charge in [0.2, 0.25) is 0 Å². The van der Waals surface area contributed by atoms with Crippen LogP contribution in [0.2, 0.25) is 0 Å². The van der Waals surface area contributed by atoms with E-state index in [9.17, 15) is 22.8 Å².